The van der Waals surface area contributed by atoms with Crippen molar-refractivity contribution in [2.24, 2.45) is 11.3 Å². The molecule has 0 heterocycles. The van der Waals surface area contributed by atoms with E-state index < -0.39 is 0 Å². The van der Waals surface area contributed by atoms with E-state index in [1.807, 2.05) is 0 Å². The van der Waals surface area contributed by atoms with Gasteiger partial charge >= 0.3 is 0 Å². The summed E-state index contributed by atoms with van der Waals surface area (Å²) in [5, 5.41) is 4.13. The summed E-state index contributed by atoms with van der Waals surface area (Å²) in [6.45, 7) is 6.41. The molecule has 0 radical (unpaired) electrons. The molecule has 0 saturated heterocycles. The SMILES string of the molecule is CC(C)CNCC1(Cc2c(F)cccc2Cl)CCCC1. The molecule has 112 valence electrons. The van der Waals surface area contributed by atoms with E-state index in [-0.39, 0.29) is 11.2 Å². The van der Waals surface area contributed by atoms with Crippen molar-refractivity contribution in [3.63, 3.8) is 0 Å². The van der Waals surface area contributed by atoms with Crippen LogP contribution in [0.3, 0.4) is 0 Å². The van der Waals surface area contributed by atoms with E-state index >= 15 is 0 Å². The Bertz CT molecular complexity index is 418. The Morgan fingerprint density at radius 2 is 2.00 bits per heavy atom. The fourth-order valence-corrected chi connectivity index (χ4v) is 3.47. The van der Waals surface area contributed by atoms with Gasteiger partial charge in [-0.05, 0) is 49.3 Å². The maximum atomic E-state index is 14.0. The van der Waals surface area contributed by atoms with Gasteiger partial charge < -0.3 is 5.32 Å². The van der Waals surface area contributed by atoms with Gasteiger partial charge in [-0.25, -0.2) is 4.39 Å². The van der Waals surface area contributed by atoms with E-state index in [9.17, 15) is 4.39 Å². The lowest BCUT2D eigenvalue weighted by atomic mass is 9.79. The lowest BCUT2D eigenvalue weighted by molar-refractivity contribution is 0.270. The van der Waals surface area contributed by atoms with Gasteiger partial charge in [0, 0.05) is 17.1 Å². The molecule has 1 nitrogen and oxygen atoms in total. The van der Waals surface area contributed by atoms with E-state index in [2.05, 4.69) is 19.2 Å². The van der Waals surface area contributed by atoms with Crippen molar-refractivity contribution in [3.8, 4) is 0 Å². The third-order valence-corrected chi connectivity index (χ3v) is 4.68. The van der Waals surface area contributed by atoms with Gasteiger partial charge in [0.1, 0.15) is 5.82 Å². The number of rotatable bonds is 6. The fourth-order valence-electron chi connectivity index (χ4n) is 3.24. The molecular formula is C17H25ClFN. The molecule has 0 spiro atoms. The highest BCUT2D eigenvalue weighted by molar-refractivity contribution is 6.31. The van der Waals surface area contributed by atoms with Crippen molar-refractivity contribution in [2.75, 3.05) is 13.1 Å². The highest BCUT2D eigenvalue weighted by Crippen LogP contribution is 2.42. The first-order chi connectivity index (χ1) is 9.52. The molecule has 1 aliphatic carbocycles. The quantitative estimate of drug-likeness (QED) is 0.793. The topological polar surface area (TPSA) is 12.0 Å². The summed E-state index contributed by atoms with van der Waals surface area (Å²) in [7, 11) is 0. The van der Waals surface area contributed by atoms with Gasteiger partial charge in [-0.15, -0.1) is 0 Å². The molecule has 1 aromatic rings. The van der Waals surface area contributed by atoms with Crippen molar-refractivity contribution in [1.82, 2.24) is 5.32 Å². The van der Waals surface area contributed by atoms with Crippen molar-refractivity contribution in [2.45, 2.75) is 46.0 Å². The molecule has 0 amide bonds. The van der Waals surface area contributed by atoms with Gasteiger partial charge in [0.15, 0.2) is 0 Å². The average Bonchev–Trinajstić information content (AvgIpc) is 2.83. The second kappa shape index (κ2) is 6.91. The number of benzene rings is 1. The van der Waals surface area contributed by atoms with Crippen molar-refractivity contribution < 1.29 is 4.39 Å². The third kappa shape index (κ3) is 3.95. The smallest absolute Gasteiger partial charge is 0.127 e. The molecule has 0 aliphatic heterocycles. The van der Waals surface area contributed by atoms with E-state index in [0.29, 0.717) is 16.5 Å². The van der Waals surface area contributed by atoms with Crippen LogP contribution in [-0.2, 0) is 6.42 Å². The van der Waals surface area contributed by atoms with E-state index in [1.54, 1.807) is 12.1 Å². The van der Waals surface area contributed by atoms with Crippen LogP contribution in [0.2, 0.25) is 5.02 Å². The largest absolute Gasteiger partial charge is 0.316 e. The van der Waals surface area contributed by atoms with Crippen LogP contribution in [-0.4, -0.2) is 13.1 Å². The summed E-state index contributed by atoms with van der Waals surface area (Å²) >= 11 is 6.19. The molecule has 0 bridgehead atoms. The summed E-state index contributed by atoms with van der Waals surface area (Å²) in [4.78, 5) is 0. The van der Waals surface area contributed by atoms with Crippen LogP contribution in [0.1, 0.15) is 45.1 Å². The second-order valence-corrected chi connectivity index (χ2v) is 7.02. The monoisotopic (exact) mass is 297 g/mol. The third-order valence-electron chi connectivity index (χ3n) is 4.33. The molecule has 0 aromatic heterocycles. The normalized spacial score (nSPS) is 17.9. The van der Waals surface area contributed by atoms with Crippen LogP contribution in [0.5, 0.6) is 0 Å². The molecule has 1 aromatic carbocycles. The molecule has 1 aliphatic rings. The molecule has 1 N–H and O–H groups in total. The molecule has 1 saturated carbocycles. The minimum absolute atomic E-state index is 0.160. The van der Waals surface area contributed by atoms with Gasteiger partial charge in [-0.2, -0.15) is 0 Å². The maximum absolute atomic E-state index is 14.0. The van der Waals surface area contributed by atoms with Gasteiger partial charge in [0.05, 0.1) is 0 Å². The van der Waals surface area contributed by atoms with Crippen LogP contribution >= 0.6 is 11.6 Å². The first kappa shape index (κ1) is 15.8. The van der Waals surface area contributed by atoms with Crippen LogP contribution in [0.4, 0.5) is 4.39 Å². The lowest BCUT2D eigenvalue weighted by Gasteiger charge is -2.30. The highest BCUT2D eigenvalue weighted by atomic mass is 35.5. The van der Waals surface area contributed by atoms with Crippen molar-refractivity contribution in [1.29, 1.82) is 0 Å². The Morgan fingerprint density at radius 1 is 1.30 bits per heavy atom. The number of hydrogen-bond donors (Lipinski definition) is 1. The number of halogens is 2. The van der Waals surface area contributed by atoms with Crippen LogP contribution < -0.4 is 5.32 Å². The molecule has 20 heavy (non-hydrogen) atoms. The van der Waals surface area contributed by atoms with Crippen molar-refractivity contribution in [3.05, 3.63) is 34.6 Å². The zero-order valence-electron chi connectivity index (χ0n) is 12.5. The Morgan fingerprint density at radius 3 is 2.60 bits per heavy atom. The predicted octanol–water partition coefficient (Wildman–Crippen LogP) is 4.83. The zero-order valence-corrected chi connectivity index (χ0v) is 13.3. The lowest BCUT2D eigenvalue weighted by Crippen LogP contribution is -2.36. The Hall–Kier alpha value is -0.600. The van der Waals surface area contributed by atoms with Gasteiger partial charge in [-0.3, -0.25) is 0 Å². The average molecular weight is 298 g/mol. The summed E-state index contributed by atoms with van der Waals surface area (Å²) in [6.07, 6.45) is 5.58. The summed E-state index contributed by atoms with van der Waals surface area (Å²) < 4.78 is 14.0. The summed E-state index contributed by atoms with van der Waals surface area (Å²) in [5.74, 6) is 0.484. The van der Waals surface area contributed by atoms with E-state index in [0.717, 1.165) is 19.5 Å². The molecular weight excluding hydrogens is 273 g/mol. The summed E-state index contributed by atoms with van der Waals surface area (Å²) in [5.41, 5.74) is 0.878. The minimum atomic E-state index is -0.160. The van der Waals surface area contributed by atoms with Crippen LogP contribution in [0, 0.1) is 17.2 Å². The Balaban J connectivity index is 2.09. The molecule has 0 unspecified atom stereocenters. The second-order valence-electron chi connectivity index (χ2n) is 6.61. The first-order valence-corrected chi connectivity index (χ1v) is 8.04. The fraction of sp³-hybridized carbons (Fsp3) is 0.647. The van der Waals surface area contributed by atoms with Crippen LogP contribution in [0.25, 0.3) is 0 Å². The highest BCUT2D eigenvalue weighted by Gasteiger charge is 2.34. The first-order valence-electron chi connectivity index (χ1n) is 7.66. The molecule has 3 heteroatoms. The minimum Gasteiger partial charge on any atom is -0.316 e. The van der Waals surface area contributed by atoms with E-state index in [4.69, 9.17) is 11.6 Å². The molecule has 1 fully saturated rings. The van der Waals surface area contributed by atoms with Gasteiger partial charge in [-0.1, -0.05) is 44.4 Å². The van der Waals surface area contributed by atoms with E-state index in [1.165, 1.54) is 31.7 Å². The van der Waals surface area contributed by atoms with Crippen LogP contribution in [0.15, 0.2) is 18.2 Å². The summed E-state index contributed by atoms with van der Waals surface area (Å²) in [6, 6.07) is 5.00. The molecule has 0 atom stereocenters. The van der Waals surface area contributed by atoms with Gasteiger partial charge in [0.2, 0.25) is 0 Å². The zero-order chi connectivity index (χ0) is 14.6. The van der Waals surface area contributed by atoms with Gasteiger partial charge in [0.25, 0.3) is 0 Å². The van der Waals surface area contributed by atoms with Crippen molar-refractivity contribution >= 4 is 11.6 Å². The maximum Gasteiger partial charge on any atom is 0.127 e. The Kier molecular flexibility index (Phi) is 5.45. The Labute approximate surface area is 126 Å². The predicted molar refractivity (Wildman–Crippen MR) is 83.7 cm³/mol. The molecule has 2 rings (SSSR count). The number of hydrogen-bond acceptors (Lipinski definition) is 1. The number of nitrogens with one attached hydrogen (secondary N) is 1. The standard InChI is InChI=1S/C17H25ClFN/c1-13(2)11-20-12-17(8-3-4-9-17)10-14-15(18)6-5-7-16(14)19/h5-7,13,20H,3-4,8-12H2,1-2H3.